The Morgan fingerprint density at radius 2 is 1.80 bits per heavy atom. The summed E-state index contributed by atoms with van der Waals surface area (Å²) >= 11 is 0. The van der Waals surface area contributed by atoms with Gasteiger partial charge in [0.05, 0.1) is 17.0 Å². The zero-order chi connectivity index (χ0) is 28.7. The molecule has 1 aliphatic rings. The first kappa shape index (κ1) is 26.7. The van der Waals surface area contributed by atoms with Crippen LogP contribution in [0.25, 0.3) is 33.6 Å². The van der Waals surface area contributed by atoms with Crippen molar-refractivity contribution in [2.75, 3.05) is 18.9 Å². The number of hydrogen-bond acceptors (Lipinski definition) is 6. The highest BCUT2D eigenvalue weighted by Crippen LogP contribution is 2.39. The maximum absolute atomic E-state index is 13.5. The molecule has 3 N–H and O–H groups in total. The summed E-state index contributed by atoms with van der Waals surface area (Å²) < 4.78 is 58.8. The van der Waals surface area contributed by atoms with Crippen molar-refractivity contribution in [3.8, 4) is 28.5 Å². The van der Waals surface area contributed by atoms with Crippen LogP contribution >= 0.6 is 0 Å². The van der Waals surface area contributed by atoms with E-state index in [-0.39, 0.29) is 39.4 Å². The highest BCUT2D eigenvalue weighted by atomic mass is 19.4. The third-order valence-electron chi connectivity index (χ3n) is 6.45. The van der Waals surface area contributed by atoms with Gasteiger partial charge in [-0.05, 0) is 60.9 Å². The minimum absolute atomic E-state index is 0.0545. The van der Waals surface area contributed by atoms with E-state index in [2.05, 4.69) is 27.0 Å². The lowest BCUT2D eigenvalue weighted by Gasteiger charge is -2.14. The molecule has 0 radical (unpaired) electrons. The number of carbonyl (C=O) groups is 2. The molecule has 4 aromatic rings. The minimum Gasteiger partial charge on any atom is -0.437 e. The lowest BCUT2D eigenvalue weighted by molar-refractivity contribution is -0.115. The van der Waals surface area contributed by atoms with Gasteiger partial charge in [-0.1, -0.05) is 12.1 Å². The van der Waals surface area contributed by atoms with Crippen LogP contribution in [0.4, 0.5) is 23.4 Å². The van der Waals surface area contributed by atoms with Crippen LogP contribution < -0.4 is 16.0 Å². The van der Waals surface area contributed by atoms with Gasteiger partial charge in [0.2, 0.25) is 5.71 Å². The third-order valence-corrected chi connectivity index (χ3v) is 6.45. The van der Waals surface area contributed by atoms with Crippen LogP contribution in [0.2, 0.25) is 0 Å². The molecule has 1 saturated carbocycles. The number of anilines is 1. The predicted molar refractivity (Wildman–Crippen MR) is 138 cm³/mol. The van der Waals surface area contributed by atoms with E-state index in [9.17, 15) is 32.4 Å². The zero-order valence-electron chi connectivity index (χ0n) is 20.9. The highest BCUT2D eigenvalue weighted by Gasteiger charge is 2.44. The zero-order valence-corrected chi connectivity index (χ0v) is 20.9. The first-order valence-corrected chi connectivity index (χ1v) is 12.1. The number of alkyl halides is 3. The van der Waals surface area contributed by atoms with Crippen LogP contribution in [-0.2, 0) is 0 Å². The van der Waals surface area contributed by atoms with Gasteiger partial charge in [0.25, 0.3) is 11.8 Å². The Morgan fingerprint density at radius 3 is 2.42 bits per heavy atom. The summed E-state index contributed by atoms with van der Waals surface area (Å²) in [5.74, 6) is -1.71. The largest absolute Gasteiger partial charge is 0.437 e. The van der Waals surface area contributed by atoms with Crippen molar-refractivity contribution >= 4 is 28.7 Å². The van der Waals surface area contributed by atoms with Crippen molar-refractivity contribution in [2.45, 2.75) is 24.6 Å². The number of furan rings is 1. The van der Waals surface area contributed by atoms with Crippen molar-refractivity contribution in [2.24, 2.45) is 0 Å². The molecule has 5 rings (SSSR count). The van der Waals surface area contributed by atoms with Crippen LogP contribution in [0.5, 0.6) is 0 Å². The Labute approximate surface area is 225 Å². The molecule has 2 aromatic heterocycles. The molecule has 1 aliphatic carbocycles. The van der Waals surface area contributed by atoms with Crippen molar-refractivity contribution < 1.29 is 31.6 Å². The second-order valence-corrected chi connectivity index (χ2v) is 9.33. The summed E-state index contributed by atoms with van der Waals surface area (Å²) in [5.41, 5.74) is 0.0680. The topological polar surface area (TPSA) is 120 Å². The Bertz CT molecular complexity index is 1670. The van der Waals surface area contributed by atoms with Gasteiger partial charge in [-0.25, -0.2) is 4.39 Å². The third kappa shape index (κ3) is 5.31. The summed E-state index contributed by atoms with van der Waals surface area (Å²) in [6.07, 6.45) is -3.51. The van der Waals surface area contributed by atoms with Gasteiger partial charge < -0.3 is 20.4 Å². The standard InChI is InChI=1S/C28H21F4N5O3/c1-34-25(39)21-20-12-19(16-3-2-4-17(11-16)24(38)37-27(13-33)9-10-27)23(35-14-28(30,31)32)36-26(20)40-22(21)15-5-7-18(29)8-6-15/h2-8,11-12H,9-10,14H2,1H3,(H,34,39)(H,35,36)(H,37,38). The van der Waals surface area contributed by atoms with E-state index < -0.39 is 35.9 Å². The SMILES string of the molecule is CNC(=O)c1c(-c2ccc(F)cc2)oc2nc(NCC(F)(F)F)c(-c3cccc(C(=O)NC4(C#N)CC4)c3)cc12. The average molecular weight is 552 g/mol. The molecule has 1 fully saturated rings. The summed E-state index contributed by atoms with van der Waals surface area (Å²) in [6, 6.07) is 14.8. The number of aromatic nitrogens is 1. The number of hydrogen-bond donors (Lipinski definition) is 3. The van der Waals surface area contributed by atoms with Gasteiger partial charge in [-0.3, -0.25) is 9.59 Å². The minimum atomic E-state index is -4.57. The van der Waals surface area contributed by atoms with Crippen molar-refractivity contribution in [1.29, 1.82) is 5.26 Å². The molecule has 0 saturated heterocycles. The summed E-state index contributed by atoms with van der Waals surface area (Å²) in [4.78, 5) is 30.0. The summed E-state index contributed by atoms with van der Waals surface area (Å²) in [6.45, 7) is -1.41. The highest BCUT2D eigenvalue weighted by molar-refractivity contribution is 6.11. The molecule has 2 heterocycles. The fraction of sp³-hybridized carbons (Fsp3) is 0.214. The van der Waals surface area contributed by atoms with Crippen LogP contribution in [0.3, 0.4) is 0 Å². The molecule has 204 valence electrons. The Morgan fingerprint density at radius 1 is 1.07 bits per heavy atom. The molecular formula is C28H21F4N5O3. The number of rotatable bonds is 7. The van der Waals surface area contributed by atoms with E-state index in [1.165, 1.54) is 49.5 Å². The number of pyridine rings is 1. The quantitative estimate of drug-likeness (QED) is 0.264. The first-order chi connectivity index (χ1) is 19.0. The maximum Gasteiger partial charge on any atom is 0.405 e. The molecule has 40 heavy (non-hydrogen) atoms. The molecule has 0 unspecified atom stereocenters. The number of nitriles is 1. The fourth-order valence-corrected chi connectivity index (χ4v) is 4.22. The second-order valence-electron chi connectivity index (χ2n) is 9.33. The van der Waals surface area contributed by atoms with Crippen LogP contribution in [-0.4, -0.2) is 42.1 Å². The number of amides is 2. The van der Waals surface area contributed by atoms with E-state index in [0.717, 1.165) is 0 Å². The Balaban J connectivity index is 1.67. The van der Waals surface area contributed by atoms with Gasteiger partial charge in [0.15, 0.2) is 0 Å². The monoisotopic (exact) mass is 551 g/mol. The molecule has 0 spiro atoms. The summed E-state index contributed by atoms with van der Waals surface area (Å²) in [7, 11) is 1.40. The molecular weight excluding hydrogens is 530 g/mol. The average Bonchev–Trinajstić information content (AvgIpc) is 3.61. The fourth-order valence-electron chi connectivity index (χ4n) is 4.22. The van der Waals surface area contributed by atoms with E-state index in [1.807, 2.05) is 0 Å². The van der Waals surface area contributed by atoms with E-state index >= 15 is 0 Å². The Kier molecular flexibility index (Phi) is 6.67. The van der Waals surface area contributed by atoms with Crippen molar-refractivity contribution in [1.82, 2.24) is 15.6 Å². The molecule has 12 heteroatoms. The molecule has 2 amide bonds. The first-order valence-electron chi connectivity index (χ1n) is 12.1. The van der Waals surface area contributed by atoms with Crippen molar-refractivity contribution in [3.05, 3.63) is 71.5 Å². The molecule has 0 aliphatic heterocycles. The van der Waals surface area contributed by atoms with E-state index in [0.29, 0.717) is 24.0 Å². The predicted octanol–water partition coefficient (Wildman–Crippen LogP) is 5.42. The van der Waals surface area contributed by atoms with Gasteiger partial charge in [-0.15, -0.1) is 0 Å². The summed E-state index contributed by atoms with van der Waals surface area (Å²) in [5, 5.41) is 17.0. The van der Waals surface area contributed by atoms with Gasteiger partial charge >= 0.3 is 6.18 Å². The van der Waals surface area contributed by atoms with Gasteiger partial charge in [0, 0.05) is 23.7 Å². The van der Waals surface area contributed by atoms with Gasteiger partial charge in [0.1, 0.15) is 29.5 Å². The lowest BCUT2D eigenvalue weighted by Crippen LogP contribution is -2.35. The second kappa shape index (κ2) is 10.00. The van der Waals surface area contributed by atoms with Crippen LogP contribution in [0, 0.1) is 17.1 Å². The maximum atomic E-state index is 13.5. The normalized spacial score (nSPS) is 13.9. The van der Waals surface area contributed by atoms with Gasteiger partial charge in [-0.2, -0.15) is 23.4 Å². The Hall–Kier alpha value is -4.92. The molecule has 0 atom stereocenters. The van der Waals surface area contributed by atoms with Crippen LogP contribution in [0.1, 0.15) is 33.6 Å². The smallest absolute Gasteiger partial charge is 0.405 e. The van der Waals surface area contributed by atoms with Crippen molar-refractivity contribution in [3.63, 3.8) is 0 Å². The number of nitrogens with one attached hydrogen (secondary N) is 3. The molecule has 8 nitrogen and oxygen atoms in total. The van der Waals surface area contributed by atoms with E-state index in [1.54, 1.807) is 12.1 Å². The van der Waals surface area contributed by atoms with E-state index in [4.69, 9.17) is 4.42 Å². The molecule has 2 aromatic carbocycles. The molecule has 0 bridgehead atoms. The lowest BCUT2D eigenvalue weighted by atomic mass is 9.99. The number of benzene rings is 2. The number of carbonyl (C=O) groups excluding carboxylic acids is 2. The van der Waals surface area contributed by atoms with Crippen LogP contribution in [0.15, 0.2) is 59.0 Å². The number of halogens is 4. The number of fused-ring (bicyclic) bond motifs is 1. The number of nitrogens with zero attached hydrogens (tertiary/aromatic N) is 2.